The normalized spacial score (nSPS) is 18.0. The highest BCUT2D eigenvalue weighted by molar-refractivity contribution is 5.51. The fourth-order valence-electron chi connectivity index (χ4n) is 3.85. The highest BCUT2D eigenvalue weighted by atomic mass is 16.7. The molecule has 6 nitrogen and oxygen atoms in total. The number of methoxy groups -OCH3 is 2. The van der Waals surface area contributed by atoms with Gasteiger partial charge in [-0.15, -0.1) is 0 Å². The average molecular weight is 370 g/mol. The van der Waals surface area contributed by atoms with Crippen LogP contribution in [0.4, 0.5) is 0 Å². The van der Waals surface area contributed by atoms with Gasteiger partial charge in [-0.05, 0) is 48.9 Å². The number of hydrogen-bond acceptors (Lipinski definition) is 6. The van der Waals surface area contributed by atoms with E-state index in [4.69, 9.17) is 18.9 Å². The molecule has 2 aliphatic heterocycles. The Bertz CT molecular complexity index is 788. The van der Waals surface area contributed by atoms with Crippen molar-refractivity contribution in [1.82, 2.24) is 10.2 Å². The Morgan fingerprint density at radius 2 is 1.85 bits per heavy atom. The van der Waals surface area contributed by atoms with E-state index in [0.717, 1.165) is 66.7 Å². The second-order valence-electron chi connectivity index (χ2n) is 6.76. The van der Waals surface area contributed by atoms with Crippen molar-refractivity contribution in [2.45, 2.75) is 12.5 Å². The van der Waals surface area contributed by atoms with E-state index in [1.165, 1.54) is 0 Å². The van der Waals surface area contributed by atoms with Gasteiger partial charge in [-0.25, -0.2) is 0 Å². The third-order valence-corrected chi connectivity index (χ3v) is 5.18. The predicted octanol–water partition coefficient (Wildman–Crippen LogP) is 2.82. The Kier molecular flexibility index (Phi) is 5.36. The zero-order chi connectivity index (χ0) is 18.6. The van der Waals surface area contributed by atoms with Crippen molar-refractivity contribution >= 4 is 0 Å². The van der Waals surface area contributed by atoms with Crippen LogP contribution in [-0.4, -0.2) is 52.1 Å². The summed E-state index contributed by atoms with van der Waals surface area (Å²) in [5.74, 6) is 3.28. The second-order valence-corrected chi connectivity index (χ2v) is 6.76. The van der Waals surface area contributed by atoms with E-state index < -0.39 is 0 Å². The van der Waals surface area contributed by atoms with Gasteiger partial charge in [-0.1, -0.05) is 6.07 Å². The van der Waals surface area contributed by atoms with Crippen LogP contribution in [0.3, 0.4) is 0 Å². The van der Waals surface area contributed by atoms with E-state index in [2.05, 4.69) is 28.4 Å². The maximum absolute atomic E-state index is 5.71. The molecule has 2 aliphatic rings. The molecule has 0 spiro atoms. The molecule has 0 bridgehead atoms. The van der Waals surface area contributed by atoms with Gasteiger partial charge in [0.25, 0.3) is 0 Å². The maximum Gasteiger partial charge on any atom is 0.231 e. The van der Waals surface area contributed by atoms with Crippen molar-refractivity contribution in [1.29, 1.82) is 0 Å². The van der Waals surface area contributed by atoms with Gasteiger partial charge < -0.3 is 24.3 Å². The molecule has 0 aromatic heterocycles. The van der Waals surface area contributed by atoms with E-state index in [0.29, 0.717) is 0 Å². The molecule has 0 saturated carbocycles. The molecule has 1 saturated heterocycles. The number of nitrogens with zero attached hydrogens (tertiary/aromatic N) is 1. The zero-order valence-electron chi connectivity index (χ0n) is 15.9. The maximum atomic E-state index is 5.71. The van der Waals surface area contributed by atoms with Crippen molar-refractivity contribution in [3.63, 3.8) is 0 Å². The number of rotatable bonds is 5. The molecule has 2 heterocycles. The zero-order valence-corrected chi connectivity index (χ0v) is 15.9. The molecule has 144 valence electrons. The van der Waals surface area contributed by atoms with Crippen LogP contribution in [0.1, 0.15) is 23.6 Å². The van der Waals surface area contributed by atoms with Gasteiger partial charge in [-0.3, -0.25) is 4.90 Å². The van der Waals surface area contributed by atoms with E-state index in [-0.39, 0.29) is 12.8 Å². The lowest BCUT2D eigenvalue weighted by molar-refractivity contribution is 0.173. The summed E-state index contributed by atoms with van der Waals surface area (Å²) in [6.45, 7) is 4.25. The Morgan fingerprint density at radius 3 is 2.70 bits per heavy atom. The minimum absolute atomic E-state index is 0.0458. The van der Waals surface area contributed by atoms with Crippen LogP contribution >= 0.6 is 0 Å². The molecule has 1 unspecified atom stereocenters. The number of nitrogens with one attached hydrogen (secondary N) is 1. The highest BCUT2D eigenvalue weighted by Gasteiger charge is 2.28. The molecule has 0 aliphatic carbocycles. The molecule has 27 heavy (non-hydrogen) atoms. The Hall–Kier alpha value is -2.44. The summed E-state index contributed by atoms with van der Waals surface area (Å²) in [6, 6.07) is 12.2. The van der Waals surface area contributed by atoms with Gasteiger partial charge in [0.2, 0.25) is 6.79 Å². The van der Waals surface area contributed by atoms with Crippen LogP contribution in [0.5, 0.6) is 23.0 Å². The van der Waals surface area contributed by atoms with Gasteiger partial charge in [0, 0.05) is 25.2 Å². The lowest BCUT2D eigenvalue weighted by Crippen LogP contribution is -2.33. The number of benzene rings is 2. The molecule has 1 atom stereocenters. The van der Waals surface area contributed by atoms with Crippen molar-refractivity contribution in [3.8, 4) is 23.0 Å². The van der Waals surface area contributed by atoms with Crippen molar-refractivity contribution < 1.29 is 18.9 Å². The van der Waals surface area contributed by atoms with Gasteiger partial charge in [0.05, 0.1) is 20.3 Å². The molecule has 6 heteroatoms. The summed E-state index contributed by atoms with van der Waals surface area (Å²) in [5.41, 5.74) is 2.25. The third kappa shape index (κ3) is 3.68. The second kappa shape index (κ2) is 8.06. The topological polar surface area (TPSA) is 52.2 Å². The largest absolute Gasteiger partial charge is 0.497 e. The van der Waals surface area contributed by atoms with Crippen LogP contribution < -0.4 is 24.3 Å². The molecule has 2 aromatic carbocycles. The molecular weight excluding hydrogens is 344 g/mol. The first-order valence-electron chi connectivity index (χ1n) is 9.36. The summed E-state index contributed by atoms with van der Waals surface area (Å²) < 4.78 is 22.3. The average Bonchev–Trinajstić information content (AvgIpc) is 3.02. The summed E-state index contributed by atoms with van der Waals surface area (Å²) >= 11 is 0. The molecule has 0 radical (unpaired) electrons. The van der Waals surface area contributed by atoms with Crippen LogP contribution in [0.2, 0.25) is 0 Å². The summed E-state index contributed by atoms with van der Waals surface area (Å²) in [6.07, 6.45) is 1.10. The van der Waals surface area contributed by atoms with Crippen LogP contribution in [0.25, 0.3) is 0 Å². The van der Waals surface area contributed by atoms with E-state index in [1.807, 2.05) is 18.2 Å². The first-order chi connectivity index (χ1) is 13.3. The molecule has 0 amide bonds. The molecule has 1 N–H and O–H groups in total. The van der Waals surface area contributed by atoms with Crippen molar-refractivity contribution in [2.75, 3.05) is 47.2 Å². The van der Waals surface area contributed by atoms with E-state index in [1.54, 1.807) is 14.2 Å². The van der Waals surface area contributed by atoms with Crippen molar-refractivity contribution in [3.05, 3.63) is 47.5 Å². The number of fused-ring (bicyclic) bond motifs is 1. The first kappa shape index (κ1) is 17.9. The highest BCUT2D eigenvalue weighted by Crippen LogP contribution is 2.41. The Labute approximate surface area is 160 Å². The SMILES string of the molecule is COc1ccc(OC)c(C(c2ccc3c(c2)OCO3)N2CCCNCC2)c1. The molecule has 4 rings (SSSR count). The summed E-state index contributed by atoms with van der Waals surface area (Å²) in [5, 5.41) is 3.49. The van der Waals surface area contributed by atoms with Crippen LogP contribution in [-0.2, 0) is 0 Å². The number of ether oxygens (including phenoxy) is 4. The lowest BCUT2D eigenvalue weighted by Gasteiger charge is -2.32. The smallest absolute Gasteiger partial charge is 0.231 e. The lowest BCUT2D eigenvalue weighted by atomic mass is 9.95. The van der Waals surface area contributed by atoms with Crippen molar-refractivity contribution in [2.24, 2.45) is 0 Å². The van der Waals surface area contributed by atoms with Crippen LogP contribution in [0.15, 0.2) is 36.4 Å². The first-order valence-corrected chi connectivity index (χ1v) is 9.36. The fourth-order valence-corrected chi connectivity index (χ4v) is 3.85. The quantitative estimate of drug-likeness (QED) is 0.874. The van der Waals surface area contributed by atoms with E-state index >= 15 is 0 Å². The monoisotopic (exact) mass is 370 g/mol. The van der Waals surface area contributed by atoms with Gasteiger partial charge >= 0.3 is 0 Å². The van der Waals surface area contributed by atoms with Gasteiger partial charge in [0.15, 0.2) is 11.5 Å². The number of hydrogen-bond donors (Lipinski definition) is 1. The molecule has 2 aromatic rings. The van der Waals surface area contributed by atoms with Gasteiger partial charge in [-0.2, -0.15) is 0 Å². The standard InChI is InChI=1S/C21H26N2O4/c1-24-16-5-7-18(25-2)17(13-16)21(23-10-3-8-22-9-11-23)15-4-6-19-20(12-15)27-14-26-19/h4-7,12-13,21-22H,3,8-11,14H2,1-2H3. The van der Waals surface area contributed by atoms with E-state index in [9.17, 15) is 0 Å². The minimum Gasteiger partial charge on any atom is -0.497 e. The Balaban J connectivity index is 1.81. The summed E-state index contributed by atoms with van der Waals surface area (Å²) in [4.78, 5) is 2.49. The molecule has 1 fully saturated rings. The summed E-state index contributed by atoms with van der Waals surface area (Å²) in [7, 11) is 3.41. The fraction of sp³-hybridized carbons (Fsp3) is 0.429. The van der Waals surface area contributed by atoms with Gasteiger partial charge in [0.1, 0.15) is 11.5 Å². The predicted molar refractivity (Wildman–Crippen MR) is 103 cm³/mol. The third-order valence-electron chi connectivity index (χ3n) is 5.18. The minimum atomic E-state index is 0.0458. The molecular formula is C21H26N2O4. The Morgan fingerprint density at radius 1 is 0.963 bits per heavy atom. The van der Waals surface area contributed by atoms with Crippen LogP contribution in [0, 0.1) is 0 Å².